The Kier molecular flexibility index (Phi) is 6.77. The lowest BCUT2D eigenvalue weighted by molar-refractivity contribution is -0.149. The van der Waals surface area contributed by atoms with Crippen LogP contribution in [0.2, 0.25) is 0 Å². The molecule has 0 radical (unpaired) electrons. The predicted molar refractivity (Wildman–Crippen MR) is 128 cm³/mol. The van der Waals surface area contributed by atoms with E-state index in [1.165, 1.54) is 6.07 Å². The van der Waals surface area contributed by atoms with E-state index in [1.807, 2.05) is 0 Å². The molecule has 4 aromatic rings. The minimum absolute atomic E-state index is 0.0510. The number of alkyl halides is 3. The van der Waals surface area contributed by atoms with Crippen molar-refractivity contribution in [2.24, 2.45) is 5.92 Å². The van der Waals surface area contributed by atoms with E-state index in [9.17, 15) is 18.0 Å². The highest BCUT2D eigenvalue weighted by molar-refractivity contribution is 5.80. The Morgan fingerprint density at radius 3 is 2.38 bits per heavy atom. The van der Waals surface area contributed by atoms with Crippen LogP contribution in [0.15, 0.2) is 48.9 Å². The second kappa shape index (κ2) is 10.2. The molecule has 0 bridgehead atoms. The number of rotatable bonds is 6. The van der Waals surface area contributed by atoms with Crippen molar-refractivity contribution in [1.29, 1.82) is 0 Å². The summed E-state index contributed by atoms with van der Waals surface area (Å²) in [5, 5.41) is 0. The van der Waals surface area contributed by atoms with Crippen LogP contribution in [0.25, 0.3) is 33.7 Å². The molecule has 1 aromatic carbocycles. The maximum absolute atomic E-state index is 13.0. The molecule has 1 aliphatic carbocycles. The standard InChI is InChI=1S/C26H24F3N5O3/c1-2-36-24(35)15-3-7-19(8-4-15)37-25-31-13-17(14-32-25)20-9-5-16(12-30-20)23-33-21-10-6-18(26(27,28)29)11-22(21)34-23/h5-6,9-15,19H,2-4,7-8H2,1H3,(H,33,34)/t15-,19+. The van der Waals surface area contributed by atoms with Crippen molar-refractivity contribution in [3.8, 4) is 28.7 Å². The van der Waals surface area contributed by atoms with Gasteiger partial charge in [0.1, 0.15) is 11.9 Å². The van der Waals surface area contributed by atoms with Crippen LogP contribution in [0.5, 0.6) is 6.01 Å². The van der Waals surface area contributed by atoms with Crippen LogP contribution < -0.4 is 4.74 Å². The van der Waals surface area contributed by atoms with Gasteiger partial charge in [-0.1, -0.05) is 0 Å². The Morgan fingerprint density at radius 1 is 1.00 bits per heavy atom. The molecule has 8 nitrogen and oxygen atoms in total. The van der Waals surface area contributed by atoms with Crippen LogP contribution >= 0.6 is 0 Å². The number of halogens is 3. The van der Waals surface area contributed by atoms with Crippen molar-refractivity contribution >= 4 is 17.0 Å². The van der Waals surface area contributed by atoms with Gasteiger partial charge in [0.25, 0.3) is 0 Å². The third kappa shape index (κ3) is 5.55. The zero-order valence-electron chi connectivity index (χ0n) is 20.0. The number of aromatic amines is 1. The summed E-state index contributed by atoms with van der Waals surface area (Å²) < 4.78 is 49.9. The monoisotopic (exact) mass is 511 g/mol. The number of hydrogen-bond acceptors (Lipinski definition) is 7. The molecule has 1 fully saturated rings. The average Bonchev–Trinajstić information content (AvgIpc) is 3.33. The maximum Gasteiger partial charge on any atom is 0.416 e. The zero-order chi connectivity index (χ0) is 26.0. The van der Waals surface area contributed by atoms with Crippen LogP contribution in [-0.2, 0) is 15.7 Å². The molecular weight excluding hydrogens is 487 g/mol. The summed E-state index contributed by atoms with van der Waals surface area (Å²) in [5.41, 5.74) is 1.93. The predicted octanol–water partition coefficient (Wildman–Crippen LogP) is 5.60. The summed E-state index contributed by atoms with van der Waals surface area (Å²) in [7, 11) is 0. The number of nitrogens with one attached hydrogen (secondary N) is 1. The van der Waals surface area contributed by atoms with Gasteiger partial charge < -0.3 is 14.5 Å². The number of fused-ring (bicyclic) bond motifs is 1. The van der Waals surface area contributed by atoms with Crippen molar-refractivity contribution in [2.75, 3.05) is 6.61 Å². The van der Waals surface area contributed by atoms with Crippen molar-refractivity contribution in [3.63, 3.8) is 0 Å². The largest absolute Gasteiger partial charge is 0.466 e. The fourth-order valence-electron chi connectivity index (χ4n) is 4.36. The van der Waals surface area contributed by atoms with E-state index in [-0.39, 0.29) is 29.5 Å². The van der Waals surface area contributed by atoms with Crippen molar-refractivity contribution in [3.05, 3.63) is 54.5 Å². The molecule has 192 valence electrons. The number of imidazole rings is 1. The topological polar surface area (TPSA) is 103 Å². The van der Waals surface area contributed by atoms with Crippen LogP contribution in [0.4, 0.5) is 13.2 Å². The Morgan fingerprint density at radius 2 is 1.73 bits per heavy atom. The number of esters is 1. The molecule has 1 N–H and O–H groups in total. The van der Waals surface area contributed by atoms with Gasteiger partial charge in [-0.2, -0.15) is 13.2 Å². The fourth-order valence-corrected chi connectivity index (χ4v) is 4.36. The molecule has 0 atom stereocenters. The van der Waals surface area contributed by atoms with Gasteiger partial charge in [-0.05, 0) is 62.9 Å². The molecule has 5 rings (SSSR count). The van der Waals surface area contributed by atoms with Crippen LogP contribution in [-0.4, -0.2) is 43.6 Å². The molecular formula is C26H24F3N5O3. The summed E-state index contributed by atoms with van der Waals surface area (Å²) in [6.45, 7) is 2.19. The first kappa shape index (κ1) is 24.7. The molecule has 37 heavy (non-hydrogen) atoms. The van der Waals surface area contributed by atoms with Gasteiger partial charge in [-0.15, -0.1) is 0 Å². The van der Waals surface area contributed by atoms with Gasteiger partial charge >= 0.3 is 18.2 Å². The number of hydrogen-bond donors (Lipinski definition) is 1. The Balaban J connectivity index is 1.22. The van der Waals surface area contributed by atoms with Gasteiger partial charge in [0.15, 0.2) is 0 Å². The minimum Gasteiger partial charge on any atom is -0.466 e. The highest BCUT2D eigenvalue weighted by Gasteiger charge is 2.31. The Bertz CT molecular complexity index is 1380. The van der Waals surface area contributed by atoms with Gasteiger partial charge in [0, 0.05) is 29.7 Å². The lowest BCUT2D eigenvalue weighted by atomic mass is 9.87. The second-order valence-corrected chi connectivity index (χ2v) is 8.85. The number of ether oxygens (including phenoxy) is 2. The third-order valence-corrected chi connectivity index (χ3v) is 6.34. The molecule has 0 unspecified atom stereocenters. The summed E-state index contributed by atoms with van der Waals surface area (Å²) in [6.07, 6.45) is 3.24. The van der Waals surface area contributed by atoms with E-state index in [0.717, 1.165) is 25.0 Å². The first-order valence-electron chi connectivity index (χ1n) is 12.0. The summed E-state index contributed by atoms with van der Waals surface area (Å²) in [5.74, 6) is 0.205. The highest BCUT2D eigenvalue weighted by Crippen LogP contribution is 2.32. The lowest BCUT2D eigenvalue weighted by Gasteiger charge is -2.26. The van der Waals surface area contributed by atoms with Gasteiger partial charge in [-0.3, -0.25) is 9.78 Å². The number of carbonyl (C=O) groups is 1. The number of aromatic nitrogens is 5. The zero-order valence-corrected chi connectivity index (χ0v) is 20.0. The minimum atomic E-state index is -4.43. The van der Waals surface area contributed by atoms with Crippen molar-refractivity contribution in [1.82, 2.24) is 24.9 Å². The van der Waals surface area contributed by atoms with Crippen molar-refractivity contribution in [2.45, 2.75) is 44.9 Å². The fraction of sp³-hybridized carbons (Fsp3) is 0.346. The van der Waals surface area contributed by atoms with Gasteiger partial charge in [-0.25, -0.2) is 15.0 Å². The highest BCUT2D eigenvalue weighted by atomic mass is 19.4. The van der Waals surface area contributed by atoms with Crippen molar-refractivity contribution < 1.29 is 27.4 Å². The Hall–Kier alpha value is -4.02. The molecule has 0 spiro atoms. The third-order valence-electron chi connectivity index (χ3n) is 6.34. The van der Waals surface area contributed by atoms with Gasteiger partial charge in [0.05, 0.1) is 34.8 Å². The first-order valence-corrected chi connectivity index (χ1v) is 12.0. The number of nitrogens with zero attached hydrogens (tertiary/aromatic N) is 4. The lowest BCUT2D eigenvalue weighted by Crippen LogP contribution is -2.29. The first-order chi connectivity index (χ1) is 17.8. The molecule has 3 heterocycles. The molecule has 1 saturated carbocycles. The van der Waals surface area contributed by atoms with E-state index in [0.29, 0.717) is 47.6 Å². The molecule has 0 amide bonds. The second-order valence-electron chi connectivity index (χ2n) is 8.85. The van der Waals surface area contributed by atoms with E-state index >= 15 is 0 Å². The molecule has 1 aliphatic rings. The van der Waals surface area contributed by atoms with E-state index in [4.69, 9.17) is 9.47 Å². The van der Waals surface area contributed by atoms with E-state index < -0.39 is 11.7 Å². The molecule has 0 aliphatic heterocycles. The normalized spacial score (nSPS) is 18.1. The molecule has 11 heteroatoms. The quantitative estimate of drug-likeness (QED) is 0.336. The summed E-state index contributed by atoms with van der Waals surface area (Å²) in [4.78, 5) is 32.2. The number of H-pyrrole nitrogens is 1. The average molecular weight is 512 g/mol. The van der Waals surface area contributed by atoms with Crippen LogP contribution in [0, 0.1) is 5.92 Å². The molecule has 0 saturated heterocycles. The SMILES string of the molecule is CCOC(=O)[C@H]1CC[C@@H](Oc2ncc(-c3ccc(-c4nc5cc(C(F)(F)F)ccc5[nH]4)cn3)cn2)CC1. The van der Waals surface area contributed by atoms with Crippen LogP contribution in [0.1, 0.15) is 38.2 Å². The van der Waals surface area contributed by atoms with E-state index in [1.54, 1.807) is 37.6 Å². The molecule has 3 aromatic heterocycles. The van der Waals surface area contributed by atoms with E-state index in [2.05, 4.69) is 24.9 Å². The smallest absolute Gasteiger partial charge is 0.416 e. The number of benzene rings is 1. The maximum atomic E-state index is 13.0. The Labute approximate surface area is 210 Å². The van der Waals surface area contributed by atoms with Crippen LogP contribution in [0.3, 0.4) is 0 Å². The summed E-state index contributed by atoms with van der Waals surface area (Å²) in [6, 6.07) is 7.21. The number of pyridine rings is 1. The number of carbonyl (C=O) groups excluding carboxylic acids is 1. The van der Waals surface area contributed by atoms with Gasteiger partial charge in [0.2, 0.25) is 0 Å². The summed E-state index contributed by atoms with van der Waals surface area (Å²) >= 11 is 0.